The molecule has 0 N–H and O–H groups in total. The van der Waals surface area contributed by atoms with Crippen molar-refractivity contribution in [1.29, 1.82) is 0 Å². The van der Waals surface area contributed by atoms with Crippen molar-refractivity contribution in [3.63, 3.8) is 0 Å². The number of hydrogen-bond acceptors (Lipinski definition) is 5. The number of carbonyl (C=O) groups excluding carboxylic acids is 2. The average molecular weight is 441 g/mol. The Balaban J connectivity index is 1.99. The first-order valence-corrected chi connectivity index (χ1v) is 11.5. The van der Waals surface area contributed by atoms with Crippen LogP contribution in [0.5, 0.6) is 11.5 Å². The Morgan fingerprint density at radius 2 is 1.47 bits per heavy atom. The fourth-order valence-electron chi connectivity index (χ4n) is 3.40. The van der Waals surface area contributed by atoms with Crippen molar-refractivity contribution < 1.29 is 23.8 Å². The van der Waals surface area contributed by atoms with Gasteiger partial charge in [0.1, 0.15) is 17.1 Å². The van der Waals surface area contributed by atoms with Gasteiger partial charge in [-0.15, -0.1) is 0 Å². The Bertz CT molecular complexity index is 878. The fourth-order valence-corrected chi connectivity index (χ4v) is 3.40. The number of unbranched alkanes of at least 4 members (excludes halogenated alkanes) is 2. The fraction of sp³-hybridized carbons (Fsp3) is 0.481. The van der Waals surface area contributed by atoms with Crippen LogP contribution in [-0.4, -0.2) is 30.6 Å². The van der Waals surface area contributed by atoms with E-state index < -0.39 is 5.60 Å². The molecule has 0 unspecified atom stereocenters. The summed E-state index contributed by atoms with van der Waals surface area (Å²) < 4.78 is 16.6. The minimum absolute atomic E-state index is 0.0257. The second kappa shape index (κ2) is 12.3. The zero-order valence-corrected chi connectivity index (χ0v) is 20.0. The zero-order valence-electron chi connectivity index (χ0n) is 20.0. The van der Waals surface area contributed by atoms with Gasteiger partial charge in [0.05, 0.1) is 13.2 Å². The van der Waals surface area contributed by atoms with E-state index in [1.807, 2.05) is 65.0 Å². The van der Waals surface area contributed by atoms with Crippen LogP contribution in [0.15, 0.2) is 42.5 Å². The molecule has 0 aromatic heterocycles. The highest BCUT2D eigenvalue weighted by atomic mass is 16.6. The molecule has 2 aromatic rings. The van der Waals surface area contributed by atoms with E-state index in [0.29, 0.717) is 30.8 Å². The number of hydrogen-bond donors (Lipinski definition) is 0. The number of carbonyl (C=O) groups is 2. The van der Waals surface area contributed by atoms with Gasteiger partial charge >= 0.3 is 5.97 Å². The molecule has 0 heterocycles. The van der Waals surface area contributed by atoms with Crippen LogP contribution in [0, 0.1) is 0 Å². The third kappa shape index (κ3) is 8.37. The van der Waals surface area contributed by atoms with Gasteiger partial charge in [-0.25, -0.2) is 0 Å². The van der Waals surface area contributed by atoms with Crippen LogP contribution in [0.4, 0.5) is 0 Å². The summed E-state index contributed by atoms with van der Waals surface area (Å²) in [6.45, 7) is 10.7. The van der Waals surface area contributed by atoms with Gasteiger partial charge in [-0.3, -0.25) is 9.59 Å². The molecule has 0 aliphatic carbocycles. The molecule has 0 saturated carbocycles. The first-order chi connectivity index (χ1) is 15.2. The first-order valence-electron chi connectivity index (χ1n) is 11.5. The third-order valence-corrected chi connectivity index (χ3v) is 4.80. The summed E-state index contributed by atoms with van der Waals surface area (Å²) in [4.78, 5) is 24.8. The van der Waals surface area contributed by atoms with Gasteiger partial charge < -0.3 is 14.2 Å². The minimum Gasteiger partial charge on any atom is -0.494 e. The summed E-state index contributed by atoms with van der Waals surface area (Å²) in [5, 5.41) is 0. The molecule has 5 nitrogen and oxygen atoms in total. The van der Waals surface area contributed by atoms with Crippen LogP contribution in [0.3, 0.4) is 0 Å². The summed E-state index contributed by atoms with van der Waals surface area (Å²) in [5.74, 6) is 1.38. The van der Waals surface area contributed by atoms with Crippen LogP contribution in [-0.2, 0) is 16.0 Å². The molecule has 0 bridgehead atoms. The van der Waals surface area contributed by atoms with Crippen molar-refractivity contribution in [3.05, 3.63) is 59.2 Å². The molecule has 0 spiro atoms. The van der Waals surface area contributed by atoms with E-state index in [1.54, 1.807) is 12.1 Å². The van der Waals surface area contributed by atoms with E-state index >= 15 is 0 Å². The Hall–Kier alpha value is -2.82. The van der Waals surface area contributed by atoms with Crippen molar-refractivity contribution in [2.75, 3.05) is 13.2 Å². The Labute approximate surface area is 192 Å². The van der Waals surface area contributed by atoms with Gasteiger partial charge in [0.15, 0.2) is 5.78 Å². The number of ether oxygens (including phenoxy) is 3. The summed E-state index contributed by atoms with van der Waals surface area (Å²) in [6, 6.07) is 12.8. The van der Waals surface area contributed by atoms with E-state index in [-0.39, 0.29) is 11.8 Å². The summed E-state index contributed by atoms with van der Waals surface area (Å²) in [7, 11) is 0. The summed E-state index contributed by atoms with van der Waals surface area (Å²) >= 11 is 0. The van der Waals surface area contributed by atoms with E-state index in [0.717, 1.165) is 42.7 Å². The standard InChI is InChI=1S/C27H36O5/c1-6-30-23-16-13-20(14-17-23)26(29)22-15-18-24(31-7-2)21(19-22)11-9-8-10-12-25(28)32-27(3,4)5/h13-19H,6-12H2,1-5H3. The van der Waals surface area contributed by atoms with Crippen molar-refractivity contribution in [2.45, 2.75) is 72.3 Å². The lowest BCUT2D eigenvalue weighted by atomic mass is 9.98. The molecular weight excluding hydrogens is 404 g/mol. The molecule has 0 aliphatic heterocycles. The second-order valence-corrected chi connectivity index (χ2v) is 8.69. The molecule has 0 aliphatic rings. The minimum atomic E-state index is -0.445. The van der Waals surface area contributed by atoms with Crippen LogP contribution in [0.2, 0.25) is 0 Å². The number of esters is 1. The number of ketones is 1. The highest BCUT2D eigenvalue weighted by molar-refractivity contribution is 6.09. The maximum Gasteiger partial charge on any atom is 0.306 e. The molecule has 0 atom stereocenters. The van der Waals surface area contributed by atoms with Crippen molar-refractivity contribution in [1.82, 2.24) is 0 Å². The highest BCUT2D eigenvalue weighted by Crippen LogP contribution is 2.25. The Morgan fingerprint density at radius 1 is 0.812 bits per heavy atom. The van der Waals surface area contributed by atoms with Gasteiger partial charge in [0.25, 0.3) is 0 Å². The Morgan fingerprint density at radius 3 is 2.09 bits per heavy atom. The van der Waals surface area contributed by atoms with Crippen molar-refractivity contribution in [3.8, 4) is 11.5 Å². The molecule has 0 amide bonds. The predicted octanol–water partition coefficient (Wildman–Crippen LogP) is 6.16. The Kier molecular flexibility index (Phi) is 9.76. The van der Waals surface area contributed by atoms with Crippen LogP contribution in [0.1, 0.15) is 81.8 Å². The van der Waals surface area contributed by atoms with Gasteiger partial charge in [0, 0.05) is 17.5 Å². The molecule has 2 aromatic carbocycles. The molecule has 0 radical (unpaired) electrons. The molecule has 174 valence electrons. The molecule has 2 rings (SSSR count). The SMILES string of the molecule is CCOc1ccc(C(=O)c2ccc(OCC)c(CCCCCC(=O)OC(C)(C)C)c2)cc1. The molecule has 5 heteroatoms. The van der Waals surface area contributed by atoms with Crippen LogP contribution < -0.4 is 9.47 Å². The van der Waals surface area contributed by atoms with E-state index in [4.69, 9.17) is 14.2 Å². The summed E-state index contributed by atoms with van der Waals surface area (Å²) in [5.41, 5.74) is 1.84. The van der Waals surface area contributed by atoms with Gasteiger partial charge in [-0.1, -0.05) is 6.42 Å². The maximum absolute atomic E-state index is 13.0. The van der Waals surface area contributed by atoms with Crippen LogP contribution >= 0.6 is 0 Å². The van der Waals surface area contributed by atoms with Gasteiger partial charge in [-0.2, -0.15) is 0 Å². The summed E-state index contributed by atoms with van der Waals surface area (Å²) in [6.07, 6.45) is 3.80. The molecule has 0 saturated heterocycles. The highest BCUT2D eigenvalue weighted by Gasteiger charge is 2.16. The van der Waals surface area contributed by atoms with E-state index in [2.05, 4.69) is 0 Å². The second-order valence-electron chi connectivity index (χ2n) is 8.69. The van der Waals surface area contributed by atoms with Crippen molar-refractivity contribution in [2.24, 2.45) is 0 Å². The van der Waals surface area contributed by atoms with Gasteiger partial charge in [0.2, 0.25) is 0 Å². The number of aryl methyl sites for hydroxylation is 1. The predicted molar refractivity (Wildman–Crippen MR) is 127 cm³/mol. The van der Waals surface area contributed by atoms with E-state index in [1.165, 1.54) is 0 Å². The molecular formula is C27H36O5. The average Bonchev–Trinajstić information content (AvgIpc) is 2.73. The zero-order chi connectivity index (χ0) is 23.6. The lowest BCUT2D eigenvalue weighted by molar-refractivity contribution is -0.154. The lowest BCUT2D eigenvalue weighted by Gasteiger charge is -2.19. The normalized spacial score (nSPS) is 11.2. The first kappa shape index (κ1) is 25.4. The van der Waals surface area contributed by atoms with Crippen LogP contribution in [0.25, 0.3) is 0 Å². The largest absolute Gasteiger partial charge is 0.494 e. The lowest BCUT2D eigenvalue weighted by Crippen LogP contribution is -2.23. The van der Waals surface area contributed by atoms with E-state index in [9.17, 15) is 9.59 Å². The third-order valence-electron chi connectivity index (χ3n) is 4.80. The topological polar surface area (TPSA) is 61.8 Å². The smallest absolute Gasteiger partial charge is 0.306 e. The van der Waals surface area contributed by atoms with Crippen molar-refractivity contribution >= 4 is 11.8 Å². The molecule has 0 fully saturated rings. The van der Waals surface area contributed by atoms with Gasteiger partial charge in [-0.05, 0) is 102 Å². The monoisotopic (exact) mass is 440 g/mol. The maximum atomic E-state index is 13.0. The number of benzene rings is 2. The number of rotatable bonds is 12. The quantitative estimate of drug-likeness (QED) is 0.225. The molecule has 32 heavy (non-hydrogen) atoms.